The zero-order valence-corrected chi connectivity index (χ0v) is 13.2. The molecule has 0 fully saturated rings. The van der Waals surface area contributed by atoms with Crippen molar-refractivity contribution in [3.63, 3.8) is 0 Å². The molecule has 1 aromatic carbocycles. The highest BCUT2D eigenvalue weighted by Gasteiger charge is 2.16. The Kier molecular flexibility index (Phi) is 6.52. The van der Waals surface area contributed by atoms with E-state index in [9.17, 15) is 4.79 Å². The van der Waals surface area contributed by atoms with Crippen LogP contribution in [0.2, 0.25) is 0 Å². The lowest BCUT2D eigenvalue weighted by molar-refractivity contribution is 0.0939. The van der Waals surface area contributed by atoms with E-state index in [-0.39, 0.29) is 5.91 Å². The first-order valence-corrected chi connectivity index (χ1v) is 7.17. The van der Waals surface area contributed by atoms with Crippen LogP contribution in [0.4, 0.5) is 5.69 Å². The lowest BCUT2D eigenvalue weighted by Gasteiger charge is -2.26. The first kappa shape index (κ1) is 16.5. The molecule has 112 valence electrons. The predicted octanol–water partition coefficient (Wildman–Crippen LogP) is 2.43. The van der Waals surface area contributed by atoms with Gasteiger partial charge in [-0.05, 0) is 38.6 Å². The topological polar surface area (TPSA) is 44.4 Å². The number of carbonyl (C=O) groups excluding carboxylic acids is 1. The maximum Gasteiger partial charge on any atom is 0.253 e. The van der Waals surface area contributed by atoms with Gasteiger partial charge in [0.2, 0.25) is 0 Å². The normalized spacial score (nSPS) is 12.6. The van der Waals surface area contributed by atoms with Gasteiger partial charge in [-0.15, -0.1) is 0 Å². The van der Waals surface area contributed by atoms with Crippen molar-refractivity contribution >= 4 is 11.6 Å². The molecule has 1 aromatic rings. The van der Waals surface area contributed by atoms with Crippen LogP contribution in [0.25, 0.3) is 0 Å². The summed E-state index contributed by atoms with van der Waals surface area (Å²) >= 11 is 0. The van der Waals surface area contributed by atoms with E-state index < -0.39 is 0 Å². The second-order valence-corrected chi connectivity index (χ2v) is 5.75. The van der Waals surface area contributed by atoms with Gasteiger partial charge in [0, 0.05) is 25.3 Å². The number of anilines is 1. The molecule has 2 N–H and O–H groups in total. The number of nitrogens with zero attached hydrogens (tertiary/aromatic N) is 1. The smallest absolute Gasteiger partial charge is 0.253 e. The van der Waals surface area contributed by atoms with Gasteiger partial charge in [-0.25, -0.2) is 0 Å². The number of nitrogens with one attached hydrogen (secondary N) is 2. The maximum absolute atomic E-state index is 12.3. The van der Waals surface area contributed by atoms with Crippen molar-refractivity contribution in [1.29, 1.82) is 0 Å². The lowest BCUT2D eigenvalue weighted by atomic mass is 10.0. The van der Waals surface area contributed by atoms with Crippen molar-refractivity contribution in [3.05, 3.63) is 29.8 Å². The molecule has 1 amide bonds. The Morgan fingerprint density at radius 1 is 1.25 bits per heavy atom. The summed E-state index contributed by atoms with van der Waals surface area (Å²) < 4.78 is 0. The van der Waals surface area contributed by atoms with Gasteiger partial charge in [0.25, 0.3) is 5.91 Å². The lowest BCUT2D eigenvalue weighted by Crippen LogP contribution is -2.41. The second kappa shape index (κ2) is 7.90. The Morgan fingerprint density at radius 2 is 1.90 bits per heavy atom. The predicted molar refractivity (Wildman–Crippen MR) is 85.3 cm³/mol. The van der Waals surface area contributed by atoms with Crippen molar-refractivity contribution < 1.29 is 4.79 Å². The summed E-state index contributed by atoms with van der Waals surface area (Å²) in [5.74, 6) is 0.592. The van der Waals surface area contributed by atoms with Crippen LogP contribution < -0.4 is 10.6 Å². The summed E-state index contributed by atoms with van der Waals surface area (Å²) in [6.45, 7) is 5.07. The number of benzene rings is 1. The molecular formula is C16H27N3O. The van der Waals surface area contributed by atoms with Crippen molar-refractivity contribution in [2.75, 3.05) is 33.0 Å². The van der Waals surface area contributed by atoms with Crippen molar-refractivity contribution in [3.8, 4) is 0 Å². The van der Waals surface area contributed by atoms with Gasteiger partial charge in [0.15, 0.2) is 0 Å². The van der Waals surface area contributed by atoms with Crippen LogP contribution in [0.15, 0.2) is 24.3 Å². The fourth-order valence-corrected chi connectivity index (χ4v) is 2.23. The van der Waals surface area contributed by atoms with Crippen molar-refractivity contribution in [2.24, 2.45) is 5.92 Å². The number of hydrogen-bond donors (Lipinski definition) is 2. The third kappa shape index (κ3) is 4.85. The standard InChI is InChI=1S/C16H27N3O/c1-12(2)10-13(19(4)5)11-18-16(20)14-8-6-7-9-15(14)17-3/h6-9,12-13,17H,10-11H2,1-5H3,(H,18,20). The summed E-state index contributed by atoms with van der Waals surface area (Å²) in [4.78, 5) is 14.4. The molecule has 1 unspecified atom stereocenters. The number of carbonyl (C=O) groups is 1. The zero-order valence-electron chi connectivity index (χ0n) is 13.2. The minimum absolute atomic E-state index is 0.0226. The van der Waals surface area contributed by atoms with E-state index in [1.54, 1.807) is 0 Å². The summed E-state index contributed by atoms with van der Waals surface area (Å²) in [6.07, 6.45) is 1.07. The molecule has 1 atom stereocenters. The average Bonchev–Trinajstić information content (AvgIpc) is 2.42. The van der Waals surface area contributed by atoms with E-state index in [1.165, 1.54) is 0 Å². The quantitative estimate of drug-likeness (QED) is 0.804. The monoisotopic (exact) mass is 277 g/mol. The largest absolute Gasteiger partial charge is 0.387 e. The molecular weight excluding hydrogens is 250 g/mol. The SMILES string of the molecule is CNc1ccccc1C(=O)NCC(CC(C)C)N(C)C. The molecule has 0 saturated carbocycles. The molecule has 0 aromatic heterocycles. The van der Waals surface area contributed by atoms with Crippen LogP contribution >= 0.6 is 0 Å². The fourth-order valence-electron chi connectivity index (χ4n) is 2.23. The van der Waals surface area contributed by atoms with Crippen molar-refractivity contribution in [1.82, 2.24) is 10.2 Å². The van der Waals surface area contributed by atoms with Crippen molar-refractivity contribution in [2.45, 2.75) is 26.3 Å². The average molecular weight is 277 g/mol. The Morgan fingerprint density at radius 3 is 2.45 bits per heavy atom. The Balaban J connectivity index is 2.65. The third-order valence-electron chi connectivity index (χ3n) is 3.41. The molecule has 1 rings (SSSR count). The fraction of sp³-hybridized carbons (Fsp3) is 0.562. The second-order valence-electron chi connectivity index (χ2n) is 5.75. The molecule has 20 heavy (non-hydrogen) atoms. The van der Waals surface area contributed by atoms with Gasteiger partial charge in [-0.1, -0.05) is 26.0 Å². The zero-order chi connectivity index (χ0) is 15.1. The molecule has 0 bridgehead atoms. The summed E-state index contributed by atoms with van der Waals surface area (Å²) in [5, 5.41) is 6.09. The molecule has 0 saturated heterocycles. The van der Waals surface area contributed by atoms with Crippen LogP contribution in [0.1, 0.15) is 30.6 Å². The van der Waals surface area contributed by atoms with Crippen LogP contribution in [0.3, 0.4) is 0 Å². The highest BCUT2D eigenvalue weighted by atomic mass is 16.1. The molecule has 0 radical (unpaired) electrons. The van der Waals surface area contributed by atoms with Gasteiger partial charge in [-0.3, -0.25) is 4.79 Å². The van der Waals surface area contributed by atoms with Gasteiger partial charge in [-0.2, -0.15) is 0 Å². The van der Waals surface area contributed by atoms with E-state index in [2.05, 4.69) is 43.5 Å². The molecule has 0 aliphatic heterocycles. The van der Waals surface area contributed by atoms with E-state index >= 15 is 0 Å². The van der Waals surface area contributed by atoms with Crippen LogP contribution in [0.5, 0.6) is 0 Å². The van der Waals surface area contributed by atoms with E-state index in [0.29, 0.717) is 24.1 Å². The summed E-state index contributed by atoms with van der Waals surface area (Å²) in [5.41, 5.74) is 1.55. The number of rotatable bonds is 7. The number of para-hydroxylation sites is 1. The molecule has 4 heteroatoms. The van der Waals surface area contributed by atoms with Crippen LogP contribution in [-0.2, 0) is 0 Å². The van der Waals surface area contributed by atoms with Gasteiger partial charge in [0.05, 0.1) is 5.56 Å². The molecule has 0 heterocycles. The number of hydrogen-bond acceptors (Lipinski definition) is 3. The van der Waals surface area contributed by atoms with E-state index in [4.69, 9.17) is 0 Å². The molecule has 0 aliphatic rings. The summed E-state index contributed by atoms with van der Waals surface area (Å²) in [6, 6.07) is 7.92. The highest BCUT2D eigenvalue weighted by Crippen LogP contribution is 2.14. The molecule has 0 aliphatic carbocycles. The van der Waals surface area contributed by atoms with Gasteiger partial charge < -0.3 is 15.5 Å². The van der Waals surface area contributed by atoms with Gasteiger partial charge in [0.1, 0.15) is 0 Å². The Labute approximate surface area is 122 Å². The van der Waals surface area contributed by atoms with E-state index in [0.717, 1.165) is 12.1 Å². The number of amides is 1. The first-order chi connectivity index (χ1) is 9.45. The number of likely N-dealkylation sites (N-methyl/N-ethyl adjacent to an activating group) is 1. The molecule has 0 spiro atoms. The molecule has 4 nitrogen and oxygen atoms in total. The Hall–Kier alpha value is -1.55. The maximum atomic E-state index is 12.3. The van der Waals surface area contributed by atoms with Crippen LogP contribution in [0, 0.1) is 5.92 Å². The van der Waals surface area contributed by atoms with Crippen LogP contribution in [-0.4, -0.2) is 44.5 Å². The minimum Gasteiger partial charge on any atom is -0.387 e. The Bertz CT molecular complexity index is 429. The first-order valence-electron chi connectivity index (χ1n) is 7.17. The summed E-state index contributed by atoms with van der Waals surface area (Å²) in [7, 11) is 5.94. The highest BCUT2D eigenvalue weighted by molar-refractivity contribution is 5.99. The minimum atomic E-state index is -0.0226. The third-order valence-corrected chi connectivity index (χ3v) is 3.41. The van der Waals surface area contributed by atoms with Gasteiger partial charge >= 0.3 is 0 Å². The van der Waals surface area contributed by atoms with E-state index in [1.807, 2.05) is 31.3 Å².